The van der Waals surface area contributed by atoms with E-state index >= 15 is 0 Å². The molecule has 0 spiro atoms. The summed E-state index contributed by atoms with van der Waals surface area (Å²) < 4.78 is 1.30. The fraction of sp³-hybridized carbons (Fsp3) is 0. The van der Waals surface area contributed by atoms with Crippen molar-refractivity contribution in [1.82, 2.24) is 14.5 Å². The predicted molar refractivity (Wildman–Crippen MR) is 53.0 cm³/mol. The quantitative estimate of drug-likeness (QED) is 0.661. The van der Waals surface area contributed by atoms with Crippen molar-refractivity contribution in [2.24, 2.45) is 0 Å². The minimum Gasteiger partial charge on any atom is -0.298 e. The average molecular weight is 201 g/mol. The van der Waals surface area contributed by atoms with Crippen LogP contribution in [0.5, 0.6) is 0 Å². The molecule has 0 radical (unpaired) electrons. The number of hydrogen-bond acceptors (Lipinski definition) is 4. The third-order valence-corrected chi connectivity index (χ3v) is 1.92. The van der Waals surface area contributed by atoms with Crippen molar-refractivity contribution in [3.8, 4) is 5.82 Å². The molecule has 0 unspecified atom stereocenters. The second-order valence-electron chi connectivity index (χ2n) is 2.82. The van der Waals surface area contributed by atoms with E-state index in [9.17, 15) is 9.59 Å². The molecule has 0 aliphatic carbocycles. The summed E-state index contributed by atoms with van der Waals surface area (Å²) in [5.41, 5.74) is -0.276. The Hall–Kier alpha value is -2.30. The van der Waals surface area contributed by atoms with E-state index in [0.29, 0.717) is 12.1 Å². The van der Waals surface area contributed by atoms with Crippen LogP contribution in [-0.4, -0.2) is 20.8 Å². The number of aromatic nitrogens is 3. The number of hydrogen-bond donors (Lipinski definition) is 0. The summed E-state index contributed by atoms with van der Waals surface area (Å²) in [5.74, 6) is 0.443. The van der Waals surface area contributed by atoms with Gasteiger partial charge in [-0.25, -0.2) is 9.97 Å². The first-order valence-electron chi connectivity index (χ1n) is 4.26. The summed E-state index contributed by atoms with van der Waals surface area (Å²) in [6.45, 7) is 0. The Morgan fingerprint density at radius 1 is 1.33 bits per heavy atom. The Morgan fingerprint density at radius 2 is 2.20 bits per heavy atom. The van der Waals surface area contributed by atoms with Gasteiger partial charge in [-0.05, 0) is 18.2 Å². The molecule has 0 fully saturated rings. The lowest BCUT2D eigenvalue weighted by Gasteiger charge is -2.03. The standard InChI is InChI=1S/C10H7N3O2/c14-6-8-2-1-5-13(10(8)15)9-3-4-11-7-12-9/h1-7H. The minimum absolute atomic E-state index is 0.108. The molecule has 5 nitrogen and oxygen atoms in total. The predicted octanol–water partition coefficient (Wildman–Crippen LogP) is 0.440. The third-order valence-electron chi connectivity index (χ3n) is 1.92. The van der Waals surface area contributed by atoms with Crippen LogP contribution in [0.1, 0.15) is 10.4 Å². The van der Waals surface area contributed by atoms with Gasteiger partial charge in [-0.1, -0.05) is 0 Å². The molecule has 0 saturated carbocycles. The van der Waals surface area contributed by atoms with E-state index in [4.69, 9.17) is 0 Å². The average Bonchev–Trinajstić information content (AvgIpc) is 2.30. The summed E-state index contributed by atoms with van der Waals surface area (Å²) in [6.07, 6.45) is 4.95. The maximum atomic E-state index is 11.7. The Morgan fingerprint density at radius 3 is 2.87 bits per heavy atom. The first-order valence-corrected chi connectivity index (χ1v) is 4.26. The van der Waals surface area contributed by atoms with Gasteiger partial charge < -0.3 is 0 Å². The van der Waals surface area contributed by atoms with Crippen LogP contribution in [0.4, 0.5) is 0 Å². The van der Waals surface area contributed by atoms with Gasteiger partial charge in [-0.2, -0.15) is 0 Å². The van der Waals surface area contributed by atoms with E-state index in [2.05, 4.69) is 9.97 Å². The molecule has 15 heavy (non-hydrogen) atoms. The highest BCUT2D eigenvalue weighted by molar-refractivity contribution is 5.73. The van der Waals surface area contributed by atoms with Gasteiger partial charge in [0.05, 0.1) is 5.56 Å². The number of pyridine rings is 1. The molecule has 74 valence electrons. The molecule has 0 amide bonds. The highest BCUT2D eigenvalue weighted by Gasteiger charge is 2.03. The molecule has 2 rings (SSSR count). The molecule has 2 heterocycles. The Labute approximate surface area is 85.0 Å². The molecule has 0 aliphatic rings. The van der Waals surface area contributed by atoms with Crippen molar-refractivity contribution in [2.45, 2.75) is 0 Å². The number of nitrogens with zero attached hydrogens (tertiary/aromatic N) is 3. The monoisotopic (exact) mass is 201 g/mol. The Bertz CT molecular complexity index is 534. The van der Waals surface area contributed by atoms with Crippen LogP contribution in [0.3, 0.4) is 0 Å². The summed E-state index contributed by atoms with van der Waals surface area (Å²) in [6, 6.07) is 4.68. The zero-order valence-electron chi connectivity index (χ0n) is 7.70. The zero-order chi connectivity index (χ0) is 10.7. The molecule has 0 saturated heterocycles. The van der Waals surface area contributed by atoms with Crippen LogP contribution >= 0.6 is 0 Å². The van der Waals surface area contributed by atoms with E-state index in [-0.39, 0.29) is 11.1 Å². The van der Waals surface area contributed by atoms with Crippen molar-refractivity contribution in [3.63, 3.8) is 0 Å². The van der Waals surface area contributed by atoms with Crippen LogP contribution in [0.15, 0.2) is 41.7 Å². The van der Waals surface area contributed by atoms with E-state index in [1.165, 1.54) is 23.2 Å². The van der Waals surface area contributed by atoms with Crippen LogP contribution in [0.2, 0.25) is 0 Å². The number of carbonyl (C=O) groups excluding carboxylic acids is 1. The smallest absolute Gasteiger partial charge is 0.266 e. The minimum atomic E-state index is -0.383. The van der Waals surface area contributed by atoms with Crippen molar-refractivity contribution < 1.29 is 4.79 Å². The van der Waals surface area contributed by atoms with E-state index < -0.39 is 0 Å². The highest BCUT2D eigenvalue weighted by Crippen LogP contribution is 1.98. The summed E-state index contributed by atoms with van der Waals surface area (Å²) in [7, 11) is 0. The first-order chi connectivity index (χ1) is 7.33. The third kappa shape index (κ3) is 1.67. The van der Waals surface area contributed by atoms with Gasteiger partial charge in [0.25, 0.3) is 5.56 Å². The summed E-state index contributed by atoms with van der Waals surface area (Å²) >= 11 is 0. The largest absolute Gasteiger partial charge is 0.298 e. The zero-order valence-corrected chi connectivity index (χ0v) is 7.70. The molecule has 0 atom stereocenters. The molecule has 0 aromatic carbocycles. The lowest BCUT2D eigenvalue weighted by molar-refractivity contribution is 0.112. The van der Waals surface area contributed by atoms with Crippen molar-refractivity contribution in [2.75, 3.05) is 0 Å². The van der Waals surface area contributed by atoms with Crippen molar-refractivity contribution >= 4 is 6.29 Å². The molecule has 2 aromatic rings. The maximum Gasteiger partial charge on any atom is 0.266 e. The molecule has 0 N–H and O–H groups in total. The number of carbonyl (C=O) groups is 1. The summed E-state index contributed by atoms with van der Waals surface area (Å²) in [5, 5.41) is 0. The topological polar surface area (TPSA) is 64.8 Å². The molecule has 0 bridgehead atoms. The van der Waals surface area contributed by atoms with Gasteiger partial charge in [0.2, 0.25) is 0 Å². The van der Waals surface area contributed by atoms with E-state index in [0.717, 1.165) is 0 Å². The van der Waals surface area contributed by atoms with Gasteiger partial charge in [0.1, 0.15) is 12.1 Å². The van der Waals surface area contributed by atoms with E-state index in [1.54, 1.807) is 18.3 Å². The second kappa shape index (κ2) is 3.83. The normalized spacial score (nSPS) is 9.87. The SMILES string of the molecule is O=Cc1cccn(-c2ccncn2)c1=O. The maximum absolute atomic E-state index is 11.7. The van der Waals surface area contributed by atoms with Gasteiger partial charge in [-0.15, -0.1) is 0 Å². The molecule has 0 aliphatic heterocycles. The van der Waals surface area contributed by atoms with Crippen LogP contribution in [0.25, 0.3) is 5.82 Å². The first kappa shape index (κ1) is 9.26. The van der Waals surface area contributed by atoms with Crippen LogP contribution < -0.4 is 5.56 Å². The molecular weight excluding hydrogens is 194 g/mol. The molecular formula is C10H7N3O2. The fourth-order valence-corrected chi connectivity index (χ4v) is 1.21. The lowest BCUT2D eigenvalue weighted by atomic mass is 10.3. The molecule has 5 heteroatoms. The Kier molecular flexibility index (Phi) is 2.37. The Balaban J connectivity index is 2.65. The lowest BCUT2D eigenvalue weighted by Crippen LogP contribution is -2.21. The van der Waals surface area contributed by atoms with Gasteiger partial charge >= 0.3 is 0 Å². The molecule has 2 aromatic heterocycles. The number of aldehydes is 1. The highest BCUT2D eigenvalue weighted by atomic mass is 16.1. The van der Waals surface area contributed by atoms with Gasteiger partial charge in [0, 0.05) is 12.4 Å². The van der Waals surface area contributed by atoms with Crippen LogP contribution in [-0.2, 0) is 0 Å². The van der Waals surface area contributed by atoms with Crippen LogP contribution in [0, 0.1) is 0 Å². The number of rotatable bonds is 2. The fourth-order valence-electron chi connectivity index (χ4n) is 1.21. The van der Waals surface area contributed by atoms with E-state index in [1.807, 2.05) is 0 Å². The summed E-state index contributed by atoms with van der Waals surface area (Å²) in [4.78, 5) is 29.9. The second-order valence-corrected chi connectivity index (χ2v) is 2.82. The van der Waals surface area contributed by atoms with Crippen molar-refractivity contribution in [3.05, 3.63) is 52.8 Å². The van der Waals surface area contributed by atoms with Gasteiger partial charge in [-0.3, -0.25) is 14.2 Å². The van der Waals surface area contributed by atoms with Crippen molar-refractivity contribution in [1.29, 1.82) is 0 Å². The van der Waals surface area contributed by atoms with Gasteiger partial charge in [0.15, 0.2) is 6.29 Å².